The van der Waals surface area contributed by atoms with Crippen LogP contribution in [0.4, 0.5) is 8.78 Å². The van der Waals surface area contributed by atoms with Gasteiger partial charge in [-0.05, 0) is 42.5 Å². The molecule has 0 bridgehead atoms. The molecule has 1 aromatic carbocycles. The van der Waals surface area contributed by atoms with Gasteiger partial charge < -0.3 is 10.2 Å². The molecule has 100 valence electrons. The summed E-state index contributed by atoms with van der Waals surface area (Å²) in [5.74, 6) is -0.754. The smallest absolute Gasteiger partial charge is 0.178 e. The summed E-state index contributed by atoms with van der Waals surface area (Å²) >= 11 is 4.62. The van der Waals surface area contributed by atoms with Crippen LogP contribution in [0.15, 0.2) is 34.7 Å². The average Bonchev–Trinajstić information content (AvgIpc) is 2.81. The van der Waals surface area contributed by atoms with Crippen LogP contribution >= 0.6 is 12.2 Å². The molecule has 0 saturated heterocycles. The molecule has 2 rings (SSSR count). The van der Waals surface area contributed by atoms with Crippen LogP contribution in [-0.4, -0.2) is 5.11 Å². The first-order valence-electron chi connectivity index (χ1n) is 5.38. The summed E-state index contributed by atoms with van der Waals surface area (Å²) in [6, 6.07) is 6.97. The zero-order chi connectivity index (χ0) is 13.8. The fraction of sp³-hybridized carbons (Fsp3) is 0.0833. The van der Waals surface area contributed by atoms with Gasteiger partial charge in [-0.1, -0.05) is 0 Å². The van der Waals surface area contributed by atoms with Crippen LogP contribution in [0.2, 0.25) is 0 Å². The second-order valence-corrected chi connectivity index (χ2v) is 4.18. The summed E-state index contributed by atoms with van der Waals surface area (Å²) in [4.78, 5) is 0. The van der Waals surface area contributed by atoms with Gasteiger partial charge in [0.05, 0.1) is 6.54 Å². The second-order valence-electron chi connectivity index (χ2n) is 3.74. The fourth-order valence-electron chi connectivity index (χ4n) is 1.50. The topological polar surface area (TPSA) is 63.2 Å². The Balaban J connectivity index is 2.07. The monoisotopic (exact) mass is 283 g/mol. The zero-order valence-electron chi connectivity index (χ0n) is 9.74. The van der Waals surface area contributed by atoms with Crippen LogP contribution in [-0.2, 0) is 6.54 Å². The average molecular weight is 283 g/mol. The number of thiocarbonyl (C=S) groups is 1. The number of nitrogens with one attached hydrogen (secondary N) is 2. The number of nitrogens with two attached hydrogens (primary N) is 1. The molecule has 4 nitrogen and oxygen atoms in total. The first-order valence-corrected chi connectivity index (χ1v) is 5.79. The maximum atomic E-state index is 13.1. The summed E-state index contributed by atoms with van der Waals surface area (Å²) in [5, 5.41) is 0.118. The minimum atomic E-state index is -0.913. The van der Waals surface area contributed by atoms with E-state index < -0.39 is 11.6 Å². The largest absolute Gasteiger partial charge is 0.460 e. The Morgan fingerprint density at radius 2 is 2.00 bits per heavy atom. The van der Waals surface area contributed by atoms with E-state index >= 15 is 0 Å². The predicted molar refractivity (Wildman–Crippen MR) is 70.8 cm³/mol. The molecule has 0 aliphatic carbocycles. The zero-order valence-corrected chi connectivity index (χ0v) is 10.6. The number of hydrogen-bond donors (Lipinski definition) is 3. The van der Waals surface area contributed by atoms with Crippen molar-refractivity contribution in [1.29, 1.82) is 0 Å². The Kier molecular flexibility index (Phi) is 4.08. The summed E-state index contributed by atoms with van der Waals surface area (Å²) < 4.78 is 31.4. The van der Waals surface area contributed by atoms with Crippen molar-refractivity contribution < 1.29 is 13.2 Å². The second kappa shape index (κ2) is 5.77. The molecule has 0 spiro atoms. The van der Waals surface area contributed by atoms with Crippen LogP contribution in [0.25, 0.3) is 11.3 Å². The number of benzene rings is 1. The standard InChI is InChI=1S/C12H11F2N3OS/c13-9-3-1-7(5-10(9)14)11-4-2-8(18-11)6-16-17-12(15)19/h1-5,16H,6H2,(H3,15,17,19). The van der Waals surface area contributed by atoms with E-state index in [-0.39, 0.29) is 5.11 Å². The van der Waals surface area contributed by atoms with Crippen LogP contribution in [0, 0.1) is 11.6 Å². The van der Waals surface area contributed by atoms with E-state index in [1.165, 1.54) is 6.07 Å². The quantitative estimate of drug-likeness (QED) is 0.592. The summed E-state index contributed by atoms with van der Waals surface area (Å²) in [6.45, 7) is 0.348. The highest BCUT2D eigenvalue weighted by Gasteiger charge is 2.08. The minimum Gasteiger partial charge on any atom is -0.460 e. The minimum absolute atomic E-state index is 0.118. The van der Waals surface area contributed by atoms with Gasteiger partial charge in [0.15, 0.2) is 16.7 Å². The van der Waals surface area contributed by atoms with E-state index in [2.05, 4.69) is 23.1 Å². The molecule has 0 fully saturated rings. The van der Waals surface area contributed by atoms with Gasteiger partial charge in [-0.15, -0.1) is 0 Å². The number of hydrazine groups is 1. The van der Waals surface area contributed by atoms with Crippen LogP contribution < -0.4 is 16.6 Å². The van der Waals surface area contributed by atoms with Gasteiger partial charge in [0.1, 0.15) is 11.5 Å². The maximum Gasteiger partial charge on any atom is 0.178 e. The molecule has 0 radical (unpaired) electrons. The Labute approximate surface area is 113 Å². The van der Waals surface area contributed by atoms with Gasteiger partial charge in [-0.3, -0.25) is 5.43 Å². The molecule has 2 aromatic rings. The maximum absolute atomic E-state index is 13.1. The molecular formula is C12H11F2N3OS. The van der Waals surface area contributed by atoms with E-state index in [1.54, 1.807) is 12.1 Å². The SMILES string of the molecule is NC(=S)NNCc1ccc(-c2ccc(F)c(F)c2)o1. The van der Waals surface area contributed by atoms with Crippen LogP contribution in [0.3, 0.4) is 0 Å². The number of rotatable bonds is 4. The third-order valence-electron chi connectivity index (χ3n) is 2.34. The molecule has 1 heterocycles. The van der Waals surface area contributed by atoms with Crippen LogP contribution in [0.1, 0.15) is 5.76 Å². The summed E-state index contributed by atoms with van der Waals surface area (Å²) in [5.41, 5.74) is 11.0. The molecule has 0 saturated carbocycles. The van der Waals surface area contributed by atoms with Gasteiger partial charge in [0, 0.05) is 5.56 Å². The van der Waals surface area contributed by atoms with Gasteiger partial charge >= 0.3 is 0 Å². The normalized spacial score (nSPS) is 10.4. The molecule has 1 aromatic heterocycles. The highest BCUT2D eigenvalue weighted by Crippen LogP contribution is 2.23. The van der Waals surface area contributed by atoms with E-state index in [4.69, 9.17) is 10.2 Å². The fourth-order valence-corrected chi connectivity index (χ4v) is 1.57. The molecule has 19 heavy (non-hydrogen) atoms. The van der Waals surface area contributed by atoms with E-state index in [1.807, 2.05) is 0 Å². The van der Waals surface area contributed by atoms with Gasteiger partial charge in [0.25, 0.3) is 0 Å². The number of furan rings is 1. The first-order chi connectivity index (χ1) is 9.06. The van der Waals surface area contributed by atoms with E-state index in [0.717, 1.165) is 12.1 Å². The van der Waals surface area contributed by atoms with Gasteiger partial charge in [-0.25, -0.2) is 14.2 Å². The van der Waals surface area contributed by atoms with Crippen molar-refractivity contribution in [3.05, 3.63) is 47.7 Å². The van der Waals surface area contributed by atoms with Crippen LogP contribution in [0.5, 0.6) is 0 Å². The van der Waals surface area contributed by atoms with Crippen molar-refractivity contribution in [2.24, 2.45) is 5.73 Å². The van der Waals surface area contributed by atoms with Crippen molar-refractivity contribution in [2.45, 2.75) is 6.54 Å². The molecule has 0 amide bonds. The highest BCUT2D eigenvalue weighted by molar-refractivity contribution is 7.80. The first kappa shape index (κ1) is 13.4. The molecule has 0 aliphatic heterocycles. The Bertz CT molecular complexity index is 600. The highest BCUT2D eigenvalue weighted by atomic mass is 32.1. The van der Waals surface area contributed by atoms with Crippen molar-refractivity contribution >= 4 is 17.3 Å². The summed E-state index contributed by atoms with van der Waals surface area (Å²) in [7, 11) is 0. The molecule has 0 aliphatic rings. The van der Waals surface area contributed by atoms with Crippen molar-refractivity contribution in [3.63, 3.8) is 0 Å². The lowest BCUT2D eigenvalue weighted by molar-refractivity contribution is 0.483. The Morgan fingerprint density at radius 3 is 2.68 bits per heavy atom. The number of halogens is 2. The molecule has 0 unspecified atom stereocenters. The summed E-state index contributed by atoms with van der Waals surface area (Å²) in [6.07, 6.45) is 0. The van der Waals surface area contributed by atoms with Crippen molar-refractivity contribution in [2.75, 3.05) is 0 Å². The number of hydrogen-bond acceptors (Lipinski definition) is 3. The van der Waals surface area contributed by atoms with Gasteiger partial charge in [0.2, 0.25) is 0 Å². The third-order valence-corrected chi connectivity index (χ3v) is 2.44. The molecule has 7 heteroatoms. The Morgan fingerprint density at radius 1 is 1.21 bits per heavy atom. The molecule has 4 N–H and O–H groups in total. The predicted octanol–water partition coefficient (Wildman–Crippen LogP) is 2.06. The lowest BCUT2D eigenvalue weighted by Crippen LogP contribution is -2.40. The Hall–Kier alpha value is -1.99. The van der Waals surface area contributed by atoms with Gasteiger partial charge in [-0.2, -0.15) is 0 Å². The third kappa shape index (κ3) is 3.49. The molecule has 0 atom stereocenters. The van der Waals surface area contributed by atoms with Crippen molar-refractivity contribution in [3.8, 4) is 11.3 Å². The molecular weight excluding hydrogens is 272 g/mol. The van der Waals surface area contributed by atoms with E-state index in [0.29, 0.717) is 23.6 Å². The lowest BCUT2D eigenvalue weighted by atomic mass is 10.1. The van der Waals surface area contributed by atoms with Crippen molar-refractivity contribution in [1.82, 2.24) is 10.9 Å². The lowest BCUT2D eigenvalue weighted by Gasteiger charge is -2.03. The van der Waals surface area contributed by atoms with E-state index in [9.17, 15) is 8.78 Å².